The van der Waals surface area contributed by atoms with Crippen molar-refractivity contribution in [2.75, 3.05) is 44.2 Å². The Balaban J connectivity index is 1.42. The summed E-state index contributed by atoms with van der Waals surface area (Å²) in [5.41, 5.74) is 0.274. The van der Waals surface area contributed by atoms with Crippen LogP contribution in [0.5, 0.6) is 0 Å². The summed E-state index contributed by atoms with van der Waals surface area (Å²) in [5, 5.41) is 16.5. The molecule has 0 amide bonds. The molecule has 0 atom stereocenters. The number of aromatic carboxylic acids is 1. The second-order valence-corrected chi connectivity index (χ2v) is 10.1. The Bertz CT molecular complexity index is 1380. The highest BCUT2D eigenvalue weighted by atomic mass is 35.5. The van der Waals surface area contributed by atoms with Gasteiger partial charge in [-0.2, -0.15) is 0 Å². The van der Waals surface area contributed by atoms with E-state index >= 15 is 4.39 Å². The number of carbonyl (C=O) groups is 1. The number of carboxylic acids is 1. The molecule has 2 aliphatic rings. The van der Waals surface area contributed by atoms with Crippen molar-refractivity contribution in [1.29, 1.82) is 0 Å². The highest BCUT2D eigenvalue weighted by molar-refractivity contribution is 7.11. The summed E-state index contributed by atoms with van der Waals surface area (Å²) >= 11 is 8.26. The monoisotopic (exact) mass is 533 g/mol. The maximum Gasteiger partial charge on any atom is 0.341 e. The molecule has 2 aromatic heterocycles. The van der Waals surface area contributed by atoms with Crippen LogP contribution in [-0.2, 0) is 4.84 Å². The Morgan fingerprint density at radius 1 is 1.33 bits per heavy atom. The summed E-state index contributed by atoms with van der Waals surface area (Å²) in [6, 6.07) is 1.18. The fraction of sp³-hybridized carbons (Fsp3) is 0.417. The molecule has 2 fully saturated rings. The first-order chi connectivity index (χ1) is 17.4. The van der Waals surface area contributed by atoms with Gasteiger partial charge in [-0.3, -0.25) is 9.69 Å². The van der Waals surface area contributed by atoms with Crippen molar-refractivity contribution in [3.8, 4) is 0 Å². The molecule has 3 heterocycles. The average Bonchev–Trinajstić information content (AvgIpc) is 3.56. The van der Waals surface area contributed by atoms with Gasteiger partial charge in [-0.15, -0.1) is 11.3 Å². The van der Waals surface area contributed by atoms with Crippen LogP contribution in [0.1, 0.15) is 41.2 Å². The van der Waals surface area contributed by atoms with Gasteiger partial charge in [-0.05, 0) is 25.8 Å². The Labute approximate surface area is 215 Å². The molecule has 0 bridgehead atoms. The summed E-state index contributed by atoms with van der Waals surface area (Å²) in [6.07, 6.45) is 4.77. The summed E-state index contributed by atoms with van der Waals surface area (Å²) in [6.45, 7) is 5.19. The topological polar surface area (TPSA) is 100 Å². The molecule has 12 heteroatoms. The molecule has 1 aromatic carbocycles. The van der Waals surface area contributed by atoms with Crippen molar-refractivity contribution < 1.29 is 19.1 Å². The molecular formula is C24H25ClFN5O4S. The highest BCUT2D eigenvalue weighted by Gasteiger charge is 2.31. The van der Waals surface area contributed by atoms with Crippen LogP contribution in [0, 0.1) is 5.82 Å². The number of anilines is 1. The van der Waals surface area contributed by atoms with E-state index < -0.39 is 17.2 Å². The van der Waals surface area contributed by atoms with Gasteiger partial charge in [0.05, 0.1) is 21.6 Å². The number of hydrogen-bond acceptors (Lipinski definition) is 8. The number of rotatable bonds is 8. The molecule has 1 aliphatic carbocycles. The summed E-state index contributed by atoms with van der Waals surface area (Å²) in [4.78, 5) is 38.1. The maximum atomic E-state index is 15.4. The zero-order valence-corrected chi connectivity index (χ0v) is 21.2. The van der Waals surface area contributed by atoms with Crippen LogP contribution in [0.15, 0.2) is 33.8 Å². The van der Waals surface area contributed by atoms with E-state index in [2.05, 4.69) is 15.0 Å². The van der Waals surface area contributed by atoms with Crippen LogP contribution in [0.4, 0.5) is 10.1 Å². The minimum absolute atomic E-state index is 0.00749. The van der Waals surface area contributed by atoms with Crippen molar-refractivity contribution in [2.24, 2.45) is 5.16 Å². The average molecular weight is 534 g/mol. The van der Waals surface area contributed by atoms with Gasteiger partial charge < -0.3 is 19.4 Å². The van der Waals surface area contributed by atoms with Gasteiger partial charge in [0.25, 0.3) is 0 Å². The number of piperazine rings is 1. The molecule has 1 aliphatic heterocycles. The Morgan fingerprint density at radius 3 is 2.69 bits per heavy atom. The van der Waals surface area contributed by atoms with E-state index in [0.29, 0.717) is 44.8 Å². The van der Waals surface area contributed by atoms with Crippen LogP contribution >= 0.6 is 22.9 Å². The van der Waals surface area contributed by atoms with E-state index in [1.165, 1.54) is 17.5 Å². The molecule has 36 heavy (non-hydrogen) atoms. The lowest BCUT2D eigenvalue weighted by atomic mass is 10.1. The SMILES string of the molecule is CCO/N=C(\CN1CCN(c2c(F)cc3c(=O)c(C(=O)O)cn(C4CC4)c3c2Cl)CC1)c1nccs1. The highest BCUT2D eigenvalue weighted by Crippen LogP contribution is 2.42. The molecule has 190 valence electrons. The lowest BCUT2D eigenvalue weighted by Gasteiger charge is -2.36. The van der Waals surface area contributed by atoms with Gasteiger partial charge in [-0.1, -0.05) is 16.8 Å². The largest absolute Gasteiger partial charge is 0.477 e. The van der Waals surface area contributed by atoms with E-state index in [9.17, 15) is 14.7 Å². The van der Waals surface area contributed by atoms with E-state index in [1.54, 1.807) is 10.8 Å². The van der Waals surface area contributed by atoms with Crippen molar-refractivity contribution in [1.82, 2.24) is 14.5 Å². The van der Waals surface area contributed by atoms with Gasteiger partial charge in [0.15, 0.2) is 0 Å². The van der Waals surface area contributed by atoms with Gasteiger partial charge in [0.2, 0.25) is 5.43 Å². The number of oxime groups is 1. The zero-order valence-electron chi connectivity index (χ0n) is 19.6. The predicted octanol–water partition coefficient (Wildman–Crippen LogP) is 3.85. The van der Waals surface area contributed by atoms with Crippen LogP contribution < -0.4 is 10.3 Å². The van der Waals surface area contributed by atoms with E-state index in [0.717, 1.165) is 29.6 Å². The Kier molecular flexibility index (Phi) is 6.96. The molecule has 0 unspecified atom stereocenters. The third kappa shape index (κ3) is 4.70. The first-order valence-electron chi connectivity index (χ1n) is 11.7. The second-order valence-electron chi connectivity index (χ2n) is 8.79. The minimum atomic E-state index is -1.34. The molecule has 1 N–H and O–H groups in total. The third-order valence-corrected chi connectivity index (χ3v) is 7.58. The van der Waals surface area contributed by atoms with Crippen LogP contribution in [0.2, 0.25) is 5.02 Å². The third-order valence-electron chi connectivity index (χ3n) is 6.40. The number of pyridine rings is 1. The van der Waals surface area contributed by atoms with Crippen LogP contribution in [0.25, 0.3) is 10.9 Å². The quantitative estimate of drug-likeness (QED) is 0.347. The van der Waals surface area contributed by atoms with Gasteiger partial charge >= 0.3 is 5.97 Å². The Hall–Kier alpha value is -3.02. The smallest absolute Gasteiger partial charge is 0.341 e. The lowest BCUT2D eigenvalue weighted by Crippen LogP contribution is -2.48. The normalized spacial score (nSPS) is 17.1. The minimum Gasteiger partial charge on any atom is -0.477 e. The molecule has 1 saturated heterocycles. The molecular weight excluding hydrogens is 509 g/mol. The van der Waals surface area contributed by atoms with Gasteiger partial charge in [0, 0.05) is 56.5 Å². The molecule has 0 spiro atoms. The molecule has 9 nitrogen and oxygen atoms in total. The number of hydrogen-bond donors (Lipinski definition) is 1. The van der Waals surface area contributed by atoms with E-state index in [4.69, 9.17) is 16.4 Å². The number of nitrogens with zero attached hydrogens (tertiary/aromatic N) is 5. The number of thiazole rings is 1. The maximum absolute atomic E-state index is 15.4. The number of fused-ring (bicyclic) bond motifs is 1. The number of carboxylic acid groups (broad SMARTS) is 1. The van der Waals surface area contributed by atoms with Crippen molar-refractivity contribution in [2.45, 2.75) is 25.8 Å². The molecule has 0 radical (unpaired) electrons. The van der Waals surface area contributed by atoms with Gasteiger partial charge in [0.1, 0.15) is 28.7 Å². The molecule has 5 rings (SSSR count). The first-order valence-corrected chi connectivity index (χ1v) is 13.0. The first kappa shape index (κ1) is 24.7. The number of benzene rings is 1. The molecule has 3 aromatic rings. The Morgan fingerprint density at radius 2 is 2.08 bits per heavy atom. The fourth-order valence-corrected chi connectivity index (χ4v) is 5.52. The number of halogens is 2. The molecule has 1 saturated carbocycles. The zero-order chi connectivity index (χ0) is 25.4. The van der Waals surface area contributed by atoms with Crippen LogP contribution in [-0.4, -0.2) is 70.6 Å². The van der Waals surface area contributed by atoms with Crippen LogP contribution in [0.3, 0.4) is 0 Å². The van der Waals surface area contributed by atoms with Gasteiger partial charge in [-0.25, -0.2) is 14.2 Å². The summed E-state index contributed by atoms with van der Waals surface area (Å²) < 4.78 is 17.1. The summed E-state index contributed by atoms with van der Waals surface area (Å²) in [5.74, 6) is -1.97. The predicted molar refractivity (Wildman–Crippen MR) is 137 cm³/mol. The second kappa shape index (κ2) is 10.2. The summed E-state index contributed by atoms with van der Waals surface area (Å²) in [7, 11) is 0. The van der Waals surface area contributed by atoms with E-state index in [-0.39, 0.29) is 27.7 Å². The number of aromatic nitrogens is 2. The van der Waals surface area contributed by atoms with Crippen molar-refractivity contribution >= 4 is 51.2 Å². The van der Waals surface area contributed by atoms with Crippen molar-refractivity contribution in [3.63, 3.8) is 0 Å². The van der Waals surface area contributed by atoms with Crippen molar-refractivity contribution in [3.05, 3.63) is 55.5 Å². The lowest BCUT2D eigenvalue weighted by molar-refractivity contribution is 0.0695. The standard InChI is InChI=1S/C24H25ClFN5O4S/c1-2-35-28-18(23-27-5-10-36-23)13-29-6-8-30(9-7-29)21-17(26)11-15-20(19(21)25)31(14-3-4-14)12-16(22(15)32)24(33)34/h5,10-12,14H,2-4,6-9,13H2,1H3,(H,33,34)/b28-18+. The van der Waals surface area contributed by atoms with E-state index in [1.807, 2.05) is 17.2 Å². The fourth-order valence-electron chi connectivity index (χ4n) is 4.50.